The standard InChI is InChI=1S/C22H31N5O/c1-3-5-12-22(4-2,21(24)28)13-8-9-14-27-15-25-18-19(27)16-10-6-7-11-17(16)26-20(18)23/h6-7,10-11,15H,3-5,8-9,12-14H2,1-2H3,(H2,23,26)(H2,24,28). The zero-order valence-corrected chi connectivity index (χ0v) is 16.9. The molecule has 4 N–H and O–H groups in total. The summed E-state index contributed by atoms with van der Waals surface area (Å²) in [6, 6.07) is 8.00. The molecular weight excluding hydrogens is 350 g/mol. The Morgan fingerprint density at radius 3 is 2.61 bits per heavy atom. The summed E-state index contributed by atoms with van der Waals surface area (Å²) in [6.07, 6.45) is 8.42. The van der Waals surface area contributed by atoms with Gasteiger partial charge in [0.2, 0.25) is 5.91 Å². The van der Waals surface area contributed by atoms with Crippen LogP contribution in [0.25, 0.3) is 21.9 Å². The van der Waals surface area contributed by atoms with E-state index in [1.807, 2.05) is 24.5 Å². The van der Waals surface area contributed by atoms with Crippen molar-refractivity contribution in [2.45, 2.75) is 65.3 Å². The summed E-state index contributed by atoms with van der Waals surface area (Å²) in [5.74, 6) is 0.312. The van der Waals surface area contributed by atoms with Crippen molar-refractivity contribution in [3.8, 4) is 0 Å². The second-order valence-corrected chi connectivity index (χ2v) is 7.71. The maximum Gasteiger partial charge on any atom is 0.223 e. The van der Waals surface area contributed by atoms with Crippen LogP contribution in [0, 0.1) is 5.41 Å². The highest BCUT2D eigenvalue weighted by Gasteiger charge is 2.33. The molecule has 1 unspecified atom stereocenters. The van der Waals surface area contributed by atoms with Gasteiger partial charge < -0.3 is 16.0 Å². The number of nitrogens with two attached hydrogens (primary N) is 2. The number of pyridine rings is 1. The molecule has 2 heterocycles. The van der Waals surface area contributed by atoms with Crippen LogP contribution in [0.2, 0.25) is 0 Å². The van der Waals surface area contributed by atoms with E-state index in [4.69, 9.17) is 11.5 Å². The Hall–Kier alpha value is -2.63. The molecule has 0 spiro atoms. The lowest BCUT2D eigenvalue weighted by Crippen LogP contribution is -2.36. The van der Waals surface area contributed by atoms with Gasteiger partial charge in [-0.05, 0) is 31.7 Å². The zero-order chi connectivity index (χ0) is 20.1. The van der Waals surface area contributed by atoms with Crippen molar-refractivity contribution in [1.82, 2.24) is 14.5 Å². The molecule has 0 saturated carbocycles. The van der Waals surface area contributed by atoms with Crippen LogP contribution in [0.5, 0.6) is 0 Å². The van der Waals surface area contributed by atoms with Crippen molar-refractivity contribution < 1.29 is 4.79 Å². The Bertz CT molecular complexity index is 964. The molecule has 1 atom stereocenters. The van der Waals surface area contributed by atoms with Crippen LogP contribution in [0.4, 0.5) is 5.82 Å². The molecule has 3 rings (SSSR count). The van der Waals surface area contributed by atoms with Crippen LogP contribution in [0.1, 0.15) is 58.8 Å². The topological polar surface area (TPSA) is 99.8 Å². The predicted molar refractivity (Wildman–Crippen MR) is 115 cm³/mol. The van der Waals surface area contributed by atoms with Gasteiger partial charge in [-0.2, -0.15) is 0 Å². The molecule has 0 aliphatic heterocycles. The minimum atomic E-state index is -0.367. The SMILES string of the molecule is CCCCC(CC)(CCCCn1cnc2c(N)nc3ccccc3c21)C(N)=O. The third-order valence-corrected chi connectivity index (χ3v) is 5.99. The molecule has 1 amide bonds. The third kappa shape index (κ3) is 3.81. The average Bonchev–Trinajstić information content (AvgIpc) is 3.12. The second kappa shape index (κ2) is 8.59. The van der Waals surface area contributed by atoms with Crippen molar-refractivity contribution in [2.24, 2.45) is 11.1 Å². The largest absolute Gasteiger partial charge is 0.382 e. The molecule has 150 valence electrons. The van der Waals surface area contributed by atoms with Crippen LogP contribution in [-0.2, 0) is 11.3 Å². The number of primary amides is 1. The van der Waals surface area contributed by atoms with Gasteiger partial charge in [0.25, 0.3) is 0 Å². The molecule has 0 aliphatic rings. The number of fused-ring (bicyclic) bond motifs is 3. The summed E-state index contributed by atoms with van der Waals surface area (Å²) in [6.45, 7) is 5.05. The third-order valence-electron chi connectivity index (χ3n) is 5.99. The summed E-state index contributed by atoms with van der Waals surface area (Å²) in [4.78, 5) is 21.1. The Kier molecular flexibility index (Phi) is 6.17. The minimum absolute atomic E-state index is 0.152. The van der Waals surface area contributed by atoms with E-state index >= 15 is 0 Å². The highest BCUT2D eigenvalue weighted by molar-refractivity contribution is 6.06. The molecule has 0 bridgehead atoms. The van der Waals surface area contributed by atoms with Crippen LogP contribution in [0.15, 0.2) is 30.6 Å². The van der Waals surface area contributed by atoms with E-state index < -0.39 is 0 Å². The number of hydrogen-bond acceptors (Lipinski definition) is 4. The first kappa shape index (κ1) is 20.1. The number of para-hydroxylation sites is 1. The molecular formula is C22H31N5O. The number of aromatic nitrogens is 3. The maximum absolute atomic E-state index is 12.1. The quantitative estimate of drug-likeness (QED) is 0.508. The van der Waals surface area contributed by atoms with Crippen LogP contribution in [0.3, 0.4) is 0 Å². The Morgan fingerprint density at radius 2 is 1.89 bits per heavy atom. The normalized spacial score (nSPS) is 13.8. The number of carbonyl (C=O) groups is 1. The minimum Gasteiger partial charge on any atom is -0.382 e. The lowest BCUT2D eigenvalue weighted by molar-refractivity contribution is -0.129. The fourth-order valence-electron chi connectivity index (χ4n) is 4.14. The summed E-state index contributed by atoms with van der Waals surface area (Å²) >= 11 is 0. The van der Waals surface area contributed by atoms with Gasteiger partial charge in [-0.25, -0.2) is 9.97 Å². The van der Waals surface area contributed by atoms with Gasteiger partial charge in [0.05, 0.1) is 17.4 Å². The Labute approximate surface area is 166 Å². The predicted octanol–water partition coefficient (Wildman–Crippen LogP) is 4.41. The highest BCUT2D eigenvalue weighted by atomic mass is 16.1. The first-order valence-electron chi connectivity index (χ1n) is 10.3. The van der Waals surface area contributed by atoms with Gasteiger partial charge in [0, 0.05) is 17.3 Å². The number of unbranched alkanes of at least 4 members (excludes halogenated alkanes) is 2. The molecule has 2 aromatic heterocycles. The van der Waals surface area contributed by atoms with Crippen LogP contribution < -0.4 is 11.5 Å². The Balaban J connectivity index is 1.75. The molecule has 0 aliphatic carbocycles. The van der Waals surface area contributed by atoms with E-state index in [1.54, 1.807) is 0 Å². The van der Waals surface area contributed by atoms with E-state index in [-0.39, 0.29) is 11.3 Å². The van der Waals surface area contributed by atoms with Crippen molar-refractivity contribution in [3.63, 3.8) is 0 Å². The van der Waals surface area contributed by atoms with Crippen LogP contribution in [-0.4, -0.2) is 20.4 Å². The summed E-state index contributed by atoms with van der Waals surface area (Å²) < 4.78 is 2.15. The second-order valence-electron chi connectivity index (χ2n) is 7.71. The van der Waals surface area contributed by atoms with Gasteiger partial charge in [0.1, 0.15) is 5.52 Å². The zero-order valence-electron chi connectivity index (χ0n) is 16.9. The van der Waals surface area contributed by atoms with Crippen molar-refractivity contribution in [2.75, 3.05) is 5.73 Å². The summed E-state index contributed by atoms with van der Waals surface area (Å²) in [5.41, 5.74) is 14.2. The monoisotopic (exact) mass is 381 g/mol. The van der Waals surface area contributed by atoms with Crippen molar-refractivity contribution >= 4 is 33.7 Å². The highest BCUT2D eigenvalue weighted by Crippen LogP contribution is 2.35. The van der Waals surface area contributed by atoms with Gasteiger partial charge in [-0.15, -0.1) is 0 Å². The van der Waals surface area contributed by atoms with E-state index in [1.165, 1.54) is 0 Å². The van der Waals surface area contributed by atoms with E-state index in [0.717, 1.165) is 73.4 Å². The summed E-state index contributed by atoms with van der Waals surface area (Å²) in [5, 5.41) is 1.06. The lowest BCUT2D eigenvalue weighted by Gasteiger charge is -2.29. The molecule has 6 heteroatoms. The maximum atomic E-state index is 12.1. The number of imidazole rings is 1. The molecule has 28 heavy (non-hydrogen) atoms. The first-order chi connectivity index (χ1) is 13.5. The molecule has 0 saturated heterocycles. The van der Waals surface area contributed by atoms with E-state index in [9.17, 15) is 4.79 Å². The number of amides is 1. The van der Waals surface area contributed by atoms with Crippen molar-refractivity contribution in [1.29, 1.82) is 0 Å². The molecule has 0 radical (unpaired) electrons. The number of nitrogen functional groups attached to an aromatic ring is 1. The fourth-order valence-corrected chi connectivity index (χ4v) is 4.14. The smallest absolute Gasteiger partial charge is 0.223 e. The number of benzene rings is 1. The van der Waals surface area contributed by atoms with E-state index in [2.05, 4.69) is 34.4 Å². The number of carbonyl (C=O) groups excluding carboxylic acids is 1. The molecule has 1 aromatic carbocycles. The summed E-state index contributed by atoms with van der Waals surface area (Å²) in [7, 11) is 0. The number of rotatable bonds is 10. The number of hydrogen-bond donors (Lipinski definition) is 2. The van der Waals surface area contributed by atoms with Crippen LogP contribution >= 0.6 is 0 Å². The molecule has 3 aromatic rings. The lowest BCUT2D eigenvalue weighted by atomic mass is 9.75. The molecule has 0 fully saturated rings. The van der Waals surface area contributed by atoms with Gasteiger partial charge >= 0.3 is 0 Å². The number of nitrogens with zero attached hydrogens (tertiary/aromatic N) is 3. The van der Waals surface area contributed by atoms with Gasteiger partial charge in [-0.1, -0.05) is 51.3 Å². The fraction of sp³-hybridized carbons (Fsp3) is 0.500. The van der Waals surface area contributed by atoms with Crippen molar-refractivity contribution in [3.05, 3.63) is 30.6 Å². The number of anilines is 1. The van der Waals surface area contributed by atoms with Gasteiger partial charge in [0.15, 0.2) is 5.82 Å². The molecule has 6 nitrogen and oxygen atoms in total. The van der Waals surface area contributed by atoms with Gasteiger partial charge in [-0.3, -0.25) is 4.79 Å². The van der Waals surface area contributed by atoms with E-state index in [0.29, 0.717) is 5.82 Å². The number of aryl methyl sites for hydroxylation is 1. The average molecular weight is 382 g/mol. The first-order valence-corrected chi connectivity index (χ1v) is 10.3. The Morgan fingerprint density at radius 1 is 1.14 bits per heavy atom.